The molecule has 0 aromatic carbocycles. The first-order valence-electron chi connectivity index (χ1n) is 6.66. The highest BCUT2D eigenvalue weighted by atomic mass is 15.1. The second-order valence-electron chi connectivity index (χ2n) is 5.61. The standard InChI is InChI=1S/C13H23N5/c1-13(2,6-7-14)18-12-8-11(15-9-16-12)17-10-4-3-5-10/h8-10H,3-7,14H2,1-2H3,(H2,15,16,17,18). The van der Waals surface area contributed by atoms with E-state index in [1.807, 2.05) is 6.07 Å². The van der Waals surface area contributed by atoms with E-state index < -0.39 is 0 Å². The van der Waals surface area contributed by atoms with E-state index in [0.29, 0.717) is 12.6 Å². The molecule has 1 aromatic rings. The van der Waals surface area contributed by atoms with Crippen LogP contribution in [-0.2, 0) is 0 Å². The minimum Gasteiger partial charge on any atom is -0.367 e. The molecule has 5 heteroatoms. The van der Waals surface area contributed by atoms with Gasteiger partial charge < -0.3 is 16.4 Å². The highest BCUT2D eigenvalue weighted by molar-refractivity contribution is 5.48. The van der Waals surface area contributed by atoms with Gasteiger partial charge in [-0.2, -0.15) is 0 Å². The SMILES string of the molecule is CC(C)(CCN)Nc1cc(NC2CCC2)ncn1. The summed E-state index contributed by atoms with van der Waals surface area (Å²) in [6.07, 6.45) is 6.30. The van der Waals surface area contributed by atoms with Gasteiger partial charge in [-0.3, -0.25) is 0 Å². The van der Waals surface area contributed by atoms with E-state index >= 15 is 0 Å². The predicted molar refractivity (Wildman–Crippen MR) is 74.7 cm³/mol. The lowest BCUT2D eigenvalue weighted by molar-refractivity contribution is 0.444. The third-order valence-electron chi connectivity index (χ3n) is 3.36. The number of aromatic nitrogens is 2. The van der Waals surface area contributed by atoms with Gasteiger partial charge in [0.05, 0.1) is 0 Å². The number of nitrogens with one attached hydrogen (secondary N) is 2. The summed E-state index contributed by atoms with van der Waals surface area (Å²) in [5.74, 6) is 1.76. The molecule has 0 aliphatic heterocycles. The Kier molecular flexibility index (Phi) is 4.01. The number of hydrogen-bond acceptors (Lipinski definition) is 5. The Hall–Kier alpha value is -1.36. The van der Waals surface area contributed by atoms with Gasteiger partial charge >= 0.3 is 0 Å². The molecule has 1 saturated carbocycles. The zero-order valence-electron chi connectivity index (χ0n) is 11.2. The third-order valence-corrected chi connectivity index (χ3v) is 3.36. The first-order chi connectivity index (χ1) is 8.59. The molecule has 0 atom stereocenters. The average molecular weight is 249 g/mol. The molecule has 1 heterocycles. The summed E-state index contributed by atoms with van der Waals surface area (Å²) in [6, 6.07) is 2.56. The first-order valence-corrected chi connectivity index (χ1v) is 6.66. The third kappa shape index (κ3) is 3.57. The molecular weight excluding hydrogens is 226 g/mol. The van der Waals surface area contributed by atoms with Crippen molar-refractivity contribution in [1.82, 2.24) is 9.97 Å². The van der Waals surface area contributed by atoms with Crippen molar-refractivity contribution in [2.75, 3.05) is 17.2 Å². The Morgan fingerprint density at radius 1 is 1.33 bits per heavy atom. The van der Waals surface area contributed by atoms with Crippen molar-refractivity contribution in [2.24, 2.45) is 5.73 Å². The second-order valence-corrected chi connectivity index (χ2v) is 5.61. The minimum absolute atomic E-state index is 0.0448. The highest BCUT2D eigenvalue weighted by Gasteiger charge is 2.19. The molecule has 1 fully saturated rings. The molecule has 18 heavy (non-hydrogen) atoms. The summed E-state index contributed by atoms with van der Waals surface area (Å²) in [7, 11) is 0. The van der Waals surface area contributed by atoms with Crippen molar-refractivity contribution in [2.45, 2.75) is 51.1 Å². The zero-order chi connectivity index (χ0) is 13.0. The number of nitrogens with two attached hydrogens (primary N) is 1. The summed E-state index contributed by atoms with van der Waals surface area (Å²) in [6.45, 7) is 4.92. The van der Waals surface area contributed by atoms with Gasteiger partial charge in [-0.25, -0.2) is 9.97 Å². The number of rotatable bonds is 6. The quantitative estimate of drug-likeness (QED) is 0.718. The van der Waals surface area contributed by atoms with Crippen LogP contribution in [0.25, 0.3) is 0 Å². The summed E-state index contributed by atoms with van der Waals surface area (Å²) in [4.78, 5) is 8.51. The van der Waals surface area contributed by atoms with Gasteiger partial charge in [-0.1, -0.05) is 0 Å². The lowest BCUT2D eigenvalue weighted by Gasteiger charge is -2.28. The van der Waals surface area contributed by atoms with E-state index in [9.17, 15) is 0 Å². The molecule has 100 valence electrons. The Labute approximate surface area is 109 Å². The normalized spacial score (nSPS) is 16.2. The van der Waals surface area contributed by atoms with Crippen molar-refractivity contribution >= 4 is 11.6 Å². The average Bonchev–Trinajstić information content (AvgIpc) is 2.23. The van der Waals surface area contributed by atoms with E-state index in [1.165, 1.54) is 19.3 Å². The van der Waals surface area contributed by atoms with Crippen molar-refractivity contribution < 1.29 is 0 Å². The summed E-state index contributed by atoms with van der Waals surface area (Å²) in [5.41, 5.74) is 5.56. The molecule has 4 N–H and O–H groups in total. The van der Waals surface area contributed by atoms with E-state index in [1.54, 1.807) is 6.33 Å². The summed E-state index contributed by atoms with van der Waals surface area (Å²) in [5, 5.41) is 6.82. The van der Waals surface area contributed by atoms with Gasteiger partial charge in [0.2, 0.25) is 0 Å². The van der Waals surface area contributed by atoms with Gasteiger partial charge in [0.15, 0.2) is 0 Å². The molecule has 5 nitrogen and oxygen atoms in total. The van der Waals surface area contributed by atoms with Crippen LogP contribution in [0.5, 0.6) is 0 Å². The molecule has 0 radical (unpaired) electrons. The lowest BCUT2D eigenvalue weighted by atomic mass is 9.93. The van der Waals surface area contributed by atoms with Gasteiger partial charge in [0.25, 0.3) is 0 Å². The Balaban J connectivity index is 1.97. The van der Waals surface area contributed by atoms with E-state index in [2.05, 4.69) is 34.4 Å². The molecule has 0 saturated heterocycles. The molecule has 0 spiro atoms. The molecule has 1 aliphatic rings. The van der Waals surface area contributed by atoms with Crippen LogP contribution in [0.3, 0.4) is 0 Å². The Morgan fingerprint density at radius 3 is 2.67 bits per heavy atom. The van der Waals surface area contributed by atoms with Crippen molar-refractivity contribution in [1.29, 1.82) is 0 Å². The van der Waals surface area contributed by atoms with Crippen LogP contribution < -0.4 is 16.4 Å². The minimum atomic E-state index is -0.0448. The van der Waals surface area contributed by atoms with Crippen molar-refractivity contribution in [3.05, 3.63) is 12.4 Å². The smallest absolute Gasteiger partial charge is 0.131 e. The van der Waals surface area contributed by atoms with Crippen LogP contribution in [-0.4, -0.2) is 28.1 Å². The fourth-order valence-electron chi connectivity index (χ4n) is 2.04. The fraction of sp³-hybridized carbons (Fsp3) is 0.692. The highest BCUT2D eigenvalue weighted by Crippen LogP contribution is 2.23. The topological polar surface area (TPSA) is 75.9 Å². The van der Waals surface area contributed by atoms with E-state index in [-0.39, 0.29) is 5.54 Å². The lowest BCUT2D eigenvalue weighted by Crippen LogP contribution is -2.34. The number of nitrogens with zero attached hydrogens (tertiary/aromatic N) is 2. The summed E-state index contributed by atoms with van der Waals surface area (Å²) >= 11 is 0. The molecule has 0 unspecified atom stereocenters. The molecule has 1 aliphatic carbocycles. The van der Waals surface area contributed by atoms with Gasteiger partial charge in [-0.15, -0.1) is 0 Å². The van der Waals surface area contributed by atoms with Gasteiger partial charge in [0.1, 0.15) is 18.0 Å². The summed E-state index contributed by atoms with van der Waals surface area (Å²) < 4.78 is 0. The number of anilines is 2. The molecule has 0 bridgehead atoms. The van der Waals surface area contributed by atoms with Gasteiger partial charge in [-0.05, 0) is 46.1 Å². The predicted octanol–water partition coefficient (Wildman–Crippen LogP) is 1.98. The number of hydrogen-bond donors (Lipinski definition) is 3. The maximum absolute atomic E-state index is 5.60. The Bertz CT molecular complexity index is 387. The van der Waals surface area contributed by atoms with E-state index in [4.69, 9.17) is 5.73 Å². The van der Waals surface area contributed by atoms with Crippen molar-refractivity contribution in [3.8, 4) is 0 Å². The van der Waals surface area contributed by atoms with E-state index in [0.717, 1.165) is 18.1 Å². The van der Waals surface area contributed by atoms with Crippen LogP contribution >= 0.6 is 0 Å². The maximum Gasteiger partial charge on any atom is 0.131 e. The molecular formula is C13H23N5. The van der Waals surface area contributed by atoms with Crippen LogP contribution in [0.15, 0.2) is 12.4 Å². The largest absolute Gasteiger partial charge is 0.367 e. The molecule has 0 amide bonds. The zero-order valence-corrected chi connectivity index (χ0v) is 11.2. The fourth-order valence-corrected chi connectivity index (χ4v) is 2.04. The van der Waals surface area contributed by atoms with Gasteiger partial charge in [0, 0.05) is 17.6 Å². The maximum atomic E-state index is 5.60. The van der Waals surface area contributed by atoms with Crippen molar-refractivity contribution in [3.63, 3.8) is 0 Å². The van der Waals surface area contributed by atoms with Crippen LogP contribution in [0.4, 0.5) is 11.6 Å². The first kappa shape index (κ1) is 13.1. The van der Waals surface area contributed by atoms with Crippen LogP contribution in [0.1, 0.15) is 39.5 Å². The second kappa shape index (κ2) is 5.52. The molecule has 2 rings (SSSR count). The molecule has 1 aromatic heterocycles. The monoisotopic (exact) mass is 249 g/mol. The van der Waals surface area contributed by atoms with Crippen LogP contribution in [0, 0.1) is 0 Å². The van der Waals surface area contributed by atoms with Crippen LogP contribution in [0.2, 0.25) is 0 Å². The Morgan fingerprint density at radius 2 is 2.06 bits per heavy atom.